The van der Waals surface area contributed by atoms with Gasteiger partial charge in [0, 0.05) is 12.8 Å². The van der Waals surface area contributed by atoms with Crippen LogP contribution in [0.5, 0.6) is 0 Å². The van der Waals surface area contributed by atoms with Crippen LogP contribution in [0.3, 0.4) is 0 Å². The van der Waals surface area contributed by atoms with Crippen molar-refractivity contribution >= 4 is 11.9 Å². The van der Waals surface area contributed by atoms with Gasteiger partial charge in [0.2, 0.25) is 0 Å². The van der Waals surface area contributed by atoms with Crippen LogP contribution in [0.15, 0.2) is 12.2 Å². The van der Waals surface area contributed by atoms with Crippen LogP contribution in [0.2, 0.25) is 0 Å². The van der Waals surface area contributed by atoms with Gasteiger partial charge in [0.25, 0.3) is 0 Å². The molecule has 1 aliphatic heterocycles. The zero-order valence-electron chi connectivity index (χ0n) is 35.9. The van der Waals surface area contributed by atoms with E-state index >= 15 is 0 Å². The minimum atomic E-state index is -1.59. The Kier molecular flexibility index (Phi) is 35.3. The molecule has 330 valence electrons. The van der Waals surface area contributed by atoms with E-state index in [1.165, 1.54) is 122 Å². The highest BCUT2D eigenvalue weighted by molar-refractivity contribution is 5.70. The molecule has 1 rings (SSSR count). The van der Waals surface area contributed by atoms with Gasteiger partial charge >= 0.3 is 11.9 Å². The van der Waals surface area contributed by atoms with E-state index in [1.54, 1.807) is 0 Å². The molecule has 1 aliphatic rings. The summed E-state index contributed by atoms with van der Waals surface area (Å²) < 4.78 is 22.2. The number of unbranched alkanes of at least 4 members (excludes halogenated alkanes) is 26. The average molecular weight is 799 g/mol. The van der Waals surface area contributed by atoms with Crippen LogP contribution >= 0.6 is 0 Å². The fraction of sp³-hybridized carbons (Fsp3) is 0.913. The lowest BCUT2D eigenvalue weighted by atomic mass is 9.99. The van der Waals surface area contributed by atoms with Crippen molar-refractivity contribution in [1.82, 2.24) is 0 Å². The predicted molar refractivity (Wildman–Crippen MR) is 224 cm³/mol. The molecule has 1 heterocycles. The van der Waals surface area contributed by atoms with Gasteiger partial charge in [0.15, 0.2) is 12.4 Å². The molecule has 0 aromatic rings. The lowest BCUT2D eigenvalue weighted by molar-refractivity contribution is -0.305. The Bertz CT molecular complexity index is 928. The van der Waals surface area contributed by atoms with Crippen molar-refractivity contribution in [3.8, 4) is 0 Å². The molecular formula is C46H86O10. The molecule has 0 aliphatic carbocycles. The first-order valence-corrected chi connectivity index (χ1v) is 23.3. The van der Waals surface area contributed by atoms with Crippen molar-refractivity contribution in [2.24, 2.45) is 0 Å². The van der Waals surface area contributed by atoms with Gasteiger partial charge in [0.1, 0.15) is 31.0 Å². The third-order valence-corrected chi connectivity index (χ3v) is 10.9. The second-order valence-electron chi connectivity index (χ2n) is 16.2. The monoisotopic (exact) mass is 799 g/mol. The minimum absolute atomic E-state index is 0.216. The highest BCUT2D eigenvalue weighted by Gasteiger charge is 2.44. The van der Waals surface area contributed by atoms with Crippen LogP contribution in [-0.2, 0) is 28.5 Å². The van der Waals surface area contributed by atoms with Crippen LogP contribution < -0.4 is 0 Å². The number of hydrogen-bond donors (Lipinski definition) is 4. The van der Waals surface area contributed by atoms with E-state index in [1.807, 2.05) is 0 Å². The van der Waals surface area contributed by atoms with Gasteiger partial charge in [-0.05, 0) is 38.5 Å². The van der Waals surface area contributed by atoms with Crippen LogP contribution in [-0.4, -0.2) is 89.0 Å². The maximum Gasteiger partial charge on any atom is 0.306 e. The molecule has 1 fully saturated rings. The van der Waals surface area contributed by atoms with Gasteiger partial charge in [-0.15, -0.1) is 0 Å². The number of aliphatic hydroxyl groups excluding tert-OH is 4. The summed E-state index contributed by atoms with van der Waals surface area (Å²) in [5.41, 5.74) is 0. The first kappa shape index (κ1) is 52.5. The first-order valence-electron chi connectivity index (χ1n) is 23.3. The molecule has 0 bridgehead atoms. The number of esters is 2. The van der Waals surface area contributed by atoms with E-state index in [2.05, 4.69) is 26.0 Å². The molecule has 2 unspecified atom stereocenters. The number of carbonyl (C=O) groups is 2. The van der Waals surface area contributed by atoms with Gasteiger partial charge in [0.05, 0.1) is 13.2 Å². The molecule has 56 heavy (non-hydrogen) atoms. The Labute approximate surface area is 341 Å². The third kappa shape index (κ3) is 28.8. The number of aliphatic hydroxyl groups is 4. The topological polar surface area (TPSA) is 152 Å². The summed E-state index contributed by atoms with van der Waals surface area (Å²) in [7, 11) is 0. The Hall–Kier alpha value is -1.56. The normalized spacial score (nSPS) is 20.4. The largest absolute Gasteiger partial charge is 0.462 e. The van der Waals surface area contributed by atoms with Crippen LogP contribution in [0.4, 0.5) is 0 Å². The van der Waals surface area contributed by atoms with Gasteiger partial charge in [-0.3, -0.25) is 9.59 Å². The second-order valence-corrected chi connectivity index (χ2v) is 16.2. The fourth-order valence-electron chi connectivity index (χ4n) is 7.18. The zero-order chi connectivity index (χ0) is 40.9. The quantitative estimate of drug-likeness (QED) is 0.0269. The Morgan fingerprint density at radius 3 is 1.39 bits per heavy atom. The first-order chi connectivity index (χ1) is 27.3. The van der Waals surface area contributed by atoms with E-state index in [0.717, 1.165) is 57.8 Å². The molecule has 0 radical (unpaired) electrons. The maximum atomic E-state index is 12.8. The summed E-state index contributed by atoms with van der Waals surface area (Å²) >= 11 is 0. The summed E-state index contributed by atoms with van der Waals surface area (Å²) in [4.78, 5) is 25.3. The van der Waals surface area contributed by atoms with Gasteiger partial charge < -0.3 is 39.4 Å². The Morgan fingerprint density at radius 1 is 0.536 bits per heavy atom. The van der Waals surface area contributed by atoms with E-state index in [0.29, 0.717) is 6.42 Å². The number of allylic oxidation sites excluding steroid dienone is 2. The number of carbonyl (C=O) groups excluding carboxylic acids is 2. The van der Waals surface area contributed by atoms with Gasteiger partial charge in [-0.25, -0.2) is 0 Å². The minimum Gasteiger partial charge on any atom is -0.462 e. The fourth-order valence-corrected chi connectivity index (χ4v) is 7.18. The van der Waals surface area contributed by atoms with Crippen molar-refractivity contribution in [3.63, 3.8) is 0 Å². The summed E-state index contributed by atoms with van der Waals surface area (Å²) in [5.74, 6) is -0.805. The molecule has 0 amide bonds. The van der Waals surface area contributed by atoms with E-state index in [9.17, 15) is 30.0 Å². The summed E-state index contributed by atoms with van der Waals surface area (Å²) in [6, 6.07) is 0. The molecule has 1 saturated heterocycles. The van der Waals surface area contributed by atoms with Crippen molar-refractivity contribution < 1.29 is 49.0 Å². The van der Waals surface area contributed by atoms with Gasteiger partial charge in [-0.1, -0.05) is 174 Å². The summed E-state index contributed by atoms with van der Waals surface area (Å²) in [5, 5.41) is 40.1. The van der Waals surface area contributed by atoms with Crippen LogP contribution in [0, 0.1) is 0 Å². The van der Waals surface area contributed by atoms with Crippen molar-refractivity contribution in [2.75, 3.05) is 19.8 Å². The molecule has 0 spiro atoms. The van der Waals surface area contributed by atoms with Crippen molar-refractivity contribution in [3.05, 3.63) is 12.2 Å². The molecule has 10 heteroatoms. The van der Waals surface area contributed by atoms with E-state index in [-0.39, 0.29) is 32.0 Å². The Morgan fingerprint density at radius 2 is 0.946 bits per heavy atom. The molecule has 0 saturated carbocycles. The SMILES string of the molecule is CCCCCCCC/C=C/CCCCCCCC(=O)OC[C@H](CO[C@@H]1O[C@H](CO)[C@H](O)C(O)C1O)OC(=O)CCCCCCCCCCCCCCCCCC. The van der Waals surface area contributed by atoms with E-state index < -0.39 is 49.4 Å². The average Bonchev–Trinajstić information content (AvgIpc) is 3.19. The number of rotatable bonds is 39. The molecule has 0 aromatic carbocycles. The van der Waals surface area contributed by atoms with Gasteiger partial charge in [-0.2, -0.15) is 0 Å². The van der Waals surface area contributed by atoms with E-state index in [4.69, 9.17) is 18.9 Å². The highest BCUT2D eigenvalue weighted by atomic mass is 16.7. The molecule has 10 nitrogen and oxygen atoms in total. The van der Waals surface area contributed by atoms with Crippen molar-refractivity contribution in [2.45, 2.75) is 250 Å². The maximum absolute atomic E-state index is 12.8. The Balaban J connectivity index is 2.31. The molecule has 4 N–H and O–H groups in total. The lowest BCUT2D eigenvalue weighted by Crippen LogP contribution is -2.59. The lowest BCUT2D eigenvalue weighted by Gasteiger charge is -2.39. The standard InChI is InChI=1S/C46H86O10/c1-3-5-7-9-11-13-15-17-19-21-23-25-27-29-31-33-35-42(49)55-39(38-54-46-45(52)44(51)43(50)40(36-47)56-46)37-53-41(48)34-32-30-28-26-24-22-20-18-16-14-12-10-8-6-4-2/h18,20,39-40,43-47,50-52H,3-17,19,21-38H2,1-2H3/b20-18+/t39-,40-,43+,44?,45?,46-/m1/s1. The highest BCUT2D eigenvalue weighted by Crippen LogP contribution is 2.23. The molecule has 6 atom stereocenters. The smallest absolute Gasteiger partial charge is 0.306 e. The summed E-state index contributed by atoms with van der Waals surface area (Å²) in [6.45, 7) is 3.43. The second kappa shape index (κ2) is 37.7. The third-order valence-electron chi connectivity index (χ3n) is 10.9. The zero-order valence-corrected chi connectivity index (χ0v) is 35.9. The van der Waals surface area contributed by atoms with Crippen LogP contribution in [0.25, 0.3) is 0 Å². The predicted octanol–water partition coefficient (Wildman–Crippen LogP) is 9.95. The molecular weight excluding hydrogens is 712 g/mol. The van der Waals surface area contributed by atoms with Crippen molar-refractivity contribution in [1.29, 1.82) is 0 Å². The number of ether oxygens (including phenoxy) is 4. The number of hydrogen-bond acceptors (Lipinski definition) is 10. The van der Waals surface area contributed by atoms with Crippen LogP contribution in [0.1, 0.15) is 213 Å². The summed E-state index contributed by atoms with van der Waals surface area (Å²) in [6.07, 6.45) is 32.1. The molecule has 0 aromatic heterocycles.